The van der Waals surface area contributed by atoms with E-state index in [-0.39, 0.29) is 11.6 Å². The fourth-order valence-electron chi connectivity index (χ4n) is 1.10. The molecule has 0 saturated heterocycles. The van der Waals surface area contributed by atoms with Crippen molar-refractivity contribution in [3.8, 4) is 0 Å². The first-order chi connectivity index (χ1) is 9.76. The lowest BCUT2D eigenvalue weighted by molar-refractivity contribution is 0.273. The Morgan fingerprint density at radius 1 is 1.10 bits per heavy atom. The molecule has 0 aromatic carbocycles. The highest BCUT2D eigenvalue weighted by Gasteiger charge is 2.37. The molecule has 0 spiro atoms. The van der Waals surface area contributed by atoms with Crippen molar-refractivity contribution < 1.29 is 9.53 Å². The fourth-order valence-corrected chi connectivity index (χ4v) is 3.13. The van der Waals surface area contributed by atoms with Gasteiger partial charge < -0.3 is 9.53 Å². The molecular formula is C14H24N2O2S2Si. The van der Waals surface area contributed by atoms with Crippen LogP contribution < -0.4 is 0 Å². The SMILES string of the molecule is CC(C)(C)[Si](C)(C)OCc1cscn1.OCc1cscn1. The number of aliphatic hydroxyl groups excluding tert-OH is 1. The third-order valence-corrected chi connectivity index (χ3v) is 9.26. The van der Waals surface area contributed by atoms with E-state index in [9.17, 15) is 0 Å². The molecule has 7 heteroatoms. The van der Waals surface area contributed by atoms with E-state index < -0.39 is 8.32 Å². The quantitative estimate of drug-likeness (QED) is 0.840. The summed E-state index contributed by atoms with van der Waals surface area (Å²) < 4.78 is 6.02. The van der Waals surface area contributed by atoms with Crippen LogP contribution in [0.15, 0.2) is 21.8 Å². The van der Waals surface area contributed by atoms with Gasteiger partial charge in [0.05, 0.1) is 35.6 Å². The Balaban J connectivity index is 0.000000262. The highest BCUT2D eigenvalue weighted by Crippen LogP contribution is 2.36. The molecule has 2 rings (SSSR count). The van der Waals surface area contributed by atoms with Crippen LogP contribution in [0.1, 0.15) is 32.2 Å². The van der Waals surface area contributed by atoms with Gasteiger partial charge >= 0.3 is 0 Å². The summed E-state index contributed by atoms with van der Waals surface area (Å²) in [6.45, 7) is 12.0. The molecule has 0 bridgehead atoms. The van der Waals surface area contributed by atoms with Gasteiger partial charge in [-0.05, 0) is 18.1 Å². The molecular weight excluding hydrogens is 320 g/mol. The van der Waals surface area contributed by atoms with Crippen molar-refractivity contribution in [2.45, 2.75) is 52.1 Å². The van der Waals surface area contributed by atoms with Crippen LogP contribution in [-0.2, 0) is 17.6 Å². The van der Waals surface area contributed by atoms with Crippen LogP contribution in [0.5, 0.6) is 0 Å². The number of hydrogen-bond donors (Lipinski definition) is 1. The van der Waals surface area contributed by atoms with Gasteiger partial charge in [0.1, 0.15) is 0 Å². The minimum atomic E-state index is -1.60. The minimum absolute atomic E-state index is 0.0590. The standard InChI is InChI=1S/C10H19NOSSi.C4H5NOS/c1-10(2,3)14(4,5)12-6-9-7-13-8-11-9;6-1-4-2-7-3-5-4/h7-8H,6H2,1-5H3;2-3,6H,1H2. The second-order valence-corrected chi connectivity index (χ2v) is 12.4. The number of nitrogens with zero attached hydrogens (tertiary/aromatic N) is 2. The van der Waals surface area contributed by atoms with Gasteiger partial charge in [0.15, 0.2) is 8.32 Å². The van der Waals surface area contributed by atoms with Gasteiger partial charge in [-0.15, -0.1) is 22.7 Å². The minimum Gasteiger partial charge on any atom is -0.411 e. The largest absolute Gasteiger partial charge is 0.411 e. The molecule has 4 nitrogen and oxygen atoms in total. The van der Waals surface area contributed by atoms with Crippen molar-refractivity contribution in [1.29, 1.82) is 0 Å². The van der Waals surface area contributed by atoms with Crippen molar-refractivity contribution >= 4 is 31.0 Å². The predicted molar refractivity (Wildman–Crippen MR) is 92.1 cm³/mol. The zero-order valence-electron chi connectivity index (χ0n) is 13.3. The number of aliphatic hydroxyl groups is 1. The summed E-state index contributed by atoms with van der Waals surface area (Å²) in [5.41, 5.74) is 5.36. The van der Waals surface area contributed by atoms with Crippen LogP contribution in [0.4, 0.5) is 0 Å². The van der Waals surface area contributed by atoms with Crippen LogP contribution in [0, 0.1) is 0 Å². The van der Waals surface area contributed by atoms with E-state index in [1.165, 1.54) is 11.3 Å². The fraction of sp³-hybridized carbons (Fsp3) is 0.571. The van der Waals surface area contributed by atoms with Crippen molar-refractivity contribution in [2.24, 2.45) is 0 Å². The number of thiazole rings is 2. The first kappa shape index (κ1) is 18.4. The van der Waals surface area contributed by atoms with E-state index in [2.05, 4.69) is 43.8 Å². The van der Waals surface area contributed by atoms with Gasteiger partial charge in [-0.1, -0.05) is 20.8 Å². The van der Waals surface area contributed by atoms with Gasteiger partial charge in [-0.3, -0.25) is 0 Å². The van der Waals surface area contributed by atoms with E-state index in [0.717, 1.165) is 11.4 Å². The van der Waals surface area contributed by atoms with E-state index in [0.29, 0.717) is 6.61 Å². The molecule has 2 aromatic heterocycles. The summed E-state index contributed by atoms with van der Waals surface area (Å²) in [6.07, 6.45) is 0. The van der Waals surface area contributed by atoms with Crippen molar-refractivity contribution in [2.75, 3.05) is 0 Å². The van der Waals surface area contributed by atoms with E-state index in [1.807, 2.05) is 16.3 Å². The lowest BCUT2D eigenvalue weighted by atomic mass is 10.2. The van der Waals surface area contributed by atoms with Crippen molar-refractivity contribution in [3.63, 3.8) is 0 Å². The average Bonchev–Trinajstić information content (AvgIpc) is 3.09. The van der Waals surface area contributed by atoms with Gasteiger partial charge in [0.2, 0.25) is 0 Å². The maximum absolute atomic E-state index is 8.37. The Labute approximate surface area is 136 Å². The molecule has 0 atom stereocenters. The zero-order chi connectivity index (χ0) is 15.9. The Bertz CT molecular complexity index is 494. The summed E-state index contributed by atoms with van der Waals surface area (Å²) in [5.74, 6) is 0. The average molecular weight is 345 g/mol. The summed E-state index contributed by atoms with van der Waals surface area (Å²) in [5, 5.41) is 12.5. The van der Waals surface area contributed by atoms with Gasteiger partial charge in [-0.2, -0.15) is 0 Å². The normalized spacial score (nSPS) is 11.9. The number of hydrogen-bond acceptors (Lipinski definition) is 6. The topological polar surface area (TPSA) is 55.2 Å². The van der Waals surface area contributed by atoms with Crippen LogP contribution in [-0.4, -0.2) is 23.4 Å². The van der Waals surface area contributed by atoms with Gasteiger partial charge in [0, 0.05) is 10.8 Å². The summed E-state index contributed by atoms with van der Waals surface area (Å²) in [6, 6.07) is 0. The van der Waals surface area contributed by atoms with Gasteiger partial charge in [0.25, 0.3) is 0 Å². The Morgan fingerprint density at radius 2 is 1.62 bits per heavy atom. The second-order valence-electron chi connectivity index (χ2n) is 6.17. The molecule has 21 heavy (non-hydrogen) atoms. The Morgan fingerprint density at radius 3 is 1.95 bits per heavy atom. The molecule has 0 fully saturated rings. The molecule has 0 aliphatic carbocycles. The van der Waals surface area contributed by atoms with E-state index in [1.54, 1.807) is 16.8 Å². The third kappa shape index (κ3) is 6.35. The maximum atomic E-state index is 8.37. The number of rotatable bonds is 4. The van der Waals surface area contributed by atoms with Crippen LogP contribution in [0.25, 0.3) is 0 Å². The van der Waals surface area contributed by atoms with Crippen LogP contribution in [0.2, 0.25) is 18.1 Å². The Hall–Kier alpha value is -0.603. The second kappa shape index (κ2) is 8.14. The van der Waals surface area contributed by atoms with E-state index in [4.69, 9.17) is 9.53 Å². The lowest BCUT2D eigenvalue weighted by Crippen LogP contribution is -2.40. The lowest BCUT2D eigenvalue weighted by Gasteiger charge is -2.35. The first-order valence-corrected chi connectivity index (χ1v) is 11.5. The van der Waals surface area contributed by atoms with Crippen LogP contribution in [0.3, 0.4) is 0 Å². The van der Waals surface area contributed by atoms with Crippen LogP contribution >= 0.6 is 22.7 Å². The molecule has 0 unspecified atom stereocenters. The van der Waals surface area contributed by atoms with E-state index >= 15 is 0 Å². The zero-order valence-corrected chi connectivity index (χ0v) is 15.9. The number of aromatic nitrogens is 2. The summed E-state index contributed by atoms with van der Waals surface area (Å²) >= 11 is 3.12. The maximum Gasteiger partial charge on any atom is 0.192 e. The molecule has 1 N–H and O–H groups in total. The summed E-state index contributed by atoms with van der Waals surface area (Å²) in [7, 11) is -1.60. The molecule has 0 amide bonds. The molecule has 0 aliphatic heterocycles. The molecule has 2 aromatic rings. The van der Waals surface area contributed by atoms with Gasteiger partial charge in [-0.25, -0.2) is 9.97 Å². The summed E-state index contributed by atoms with van der Waals surface area (Å²) in [4.78, 5) is 8.02. The smallest absolute Gasteiger partial charge is 0.192 e. The molecule has 2 heterocycles. The highest BCUT2D eigenvalue weighted by atomic mass is 32.1. The highest BCUT2D eigenvalue weighted by molar-refractivity contribution is 7.07. The Kier molecular flexibility index (Phi) is 7.15. The predicted octanol–water partition coefficient (Wildman–Crippen LogP) is 4.30. The molecule has 118 valence electrons. The molecule has 0 radical (unpaired) electrons. The van der Waals surface area contributed by atoms with Crippen molar-refractivity contribution in [3.05, 3.63) is 33.2 Å². The molecule has 0 aliphatic rings. The third-order valence-electron chi connectivity index (χ3n) is 3.52. The van der Waals surface area contributed by atoms with Crippen molar-refractivity contribution in [1.82, 2.24) is 9.97 Å². The monoisotopic (exact) mass is 344 g/mol. The first-order valence-electron chi connectivity index (χ1n) is 6.75. The molecule has 0 saturated carbocycles.